The van der Waals surface area contributed by atoms with Crippen LogP contribution in [-0.4, -0.2) is 48.7 Å². The number of hydrogen-bond acceptors (Lipinski definition) is 5. The summed E-state index contributed by atoms with van der Waals surface area (Å²) in [6.07, 6.45) is -1.87. The molecule has 1 unspecified atom stereocenters. The highest BCUT2D eigenvalue weighted by Gasteiger charge is 2.55. The average molecular weight is 332 g/mol. The molecule has 1 saturated heterocycles. The molecule has 0 aromatic rings. The lowest BCUT2D eigenvalue weighted by Gasteiger charge is -2.44. The van der Waals surface area contributed by atoms with Gasteiger partial charge < -0.3 is 14.4 Å². The second-order valence-corrected chi connectivity index (χ2v) is 6.80. The minimum atomic E-state index is -3.27. The van der Waals surface area contributed by atoms with Gasteiger partial charge in [-0.25, -0.2) is 13.6 Å². The Morgan fingerprint density at radius 1 is 1.30 bits per heavy atom. The predicted molar refractivity (Wildman–Crippen MR) is 76.7 cm³/mol. The molecule has 0 aliphatic carbocycles. The molecular weight excluding hydrogens is 310 g/mol. The fourth-order valence-electron chi connectivity index (χ4n) is 2.68. The van der Waals surface area contributed by atoms with E-state index in [0.29, 0.717) is 0 Å². The number of methoxy groups -OCH3 is 1. The van der Waals surface area contributed by atoms with Gasteiger partial charge >= 0.3 is 12.1 Å². The van der Waals surface area contributed by atoms with Gasteiger partial charge in [-0.3, -0.25) is 4.79 Å². The highest BCUT2D eigenvalue weighted by molar-refractivity contribution is 5.79. The van der Waals surface area contributed by atoms with E-state index in [4.69, 9.17) is 10.00 Å². The Hall–Kier alpha value is -1.91. The van der Waals surface area contributed by atoms with Crippen molar-refractivity contribution in [1.29, 1.82) is 5.26 Å². The molecule has 1 amide bonds. The maximum absolute atomic E-state index is 14.1. The summed E-state index contributed by atoms with van der Waals surface area (Å²) in [6, 6.07) is 1.84. The van der Waals surface area contributed by atoms with Crippen LogP contribution in [0.2, 0.25) is 0 Å². The molecule has 1 aliphatic rings. The summed E-state index contributed by atoms with van der Waals surface area (Å²) >= 11 is 0. The molecular formula is C15H22F2N2O4. The molecule has 1 atom stereocenters. The maximum atomic E-state index is 14.1. The normalized spacial score (nSPS) is 23.8. The predicted octanol–water partition coefficient (Wildman–Crippen LogP) is 2.73. The number of amides is 1. The molecule has 1 heterocycles. The topological polar surface area (TPSA) is 79.6 Å². The molecule has 0 aromatic carbocycles. The number of rotatable bonds is 3. The van der Waals surface area contributed by atoms with Crippen molar-refractivity contribution in [2.24, 2.45) is 5.41 Å². The zero-order valence-corrected chi connectivity index (χ0v) is 13.8. The number of nitrogens with zero attached hydrogens (tertiary/aromatic N) is 2. The number of ether oxygens (including phenoxy) is 2. The van der Waals surface area contributed by atoms with Crippen LogP contribution in [0.15, 0.2) is 0 Å². The quantitative estimate of drug-likeness (QED) is 0.742. The first-order valence-electron chi connectivity index (χ1n) is 7.26. The van der Waals surface area contributed by atoms with Crippen LogP contribution in [0.25, 0.3) is 0 Å². The summed E-state index contributed by atoms with van der Waals surface area (Å²) in [7, 11) is 1.10. The van der Waals surface area contributed by atoms with E-state index in [1.807, 2.05) is 6.07 Å². The number of alkyl halides is 2. The number of carbonyl (C=O) groups is 2. The summed E-state index contributed by atoms with van der Waals surface area (Å²) in [5.74, 6) is -4.11. The minimum Gasteiger partial charge on any atom is -0.469 e. The lowest BCUT2D eigenvalue weighted by molar-refractivity contribution is -0.172. The average Bonchev–Trinajstić information content (AvgIpc) is 2.40. The second-order valence-electron chi connectivity index (χ2n) is 6.80. The van der Waals surface area contributed by atoms with Gasteiger partial charge in [0.15, 0.2) is 0 Å². The first-order valence-corrected chi connectivity index (χ1v) is 7.26. The first kappa shape index (κ1) is 19.1. The monoisotopic (exact) mass is 332 g/mol. The van der Waals surface area contributed by atoms with Gasteiger partial charge in [0.05, 0.1) is 25.1 Å². The molecule has 6 nitrogen and oxygen atoms in total. The molecule has 0 saturated carbocycles. The third-order valence-corrected chi connectivity index (χ3v) is 3.50. The summed E-state index contributed by atoms with van der Waals surface area (Å²) in [6.45, 7) is 3.78. The van der Waals surface area contributed by atoms with E-state index >= 15 is 0 Å². The highest BCUT2D eigenvalue weighted by Crippen LogP contribution is 2.43. The van der Waals surface area contributed by atoms with E-state index in [9.17, 15) is 18.4 Å². The van der Waals surface area contributed by atoms with Gasteiger partial charge in [0.1, 0.15) is 5.60 Å². The van der Waals surface area contributed by atoms with Gasteiger partial charge in [-0.15, -0.1) is 0 Å². The van der Waals surface area contributed by atoms with Crippen molar-refractivity contribution in [2.45, 2.75) is 51.6 Å². The van der Waals surface area contributed by atoms with Gasteiger partial charge in [-0.2, -0.15) is 5.26 Å². The number of likely N-dealkylation sites (tertiary alicyclic amines) is 1. The summed E-state index contributed by atoms with van der Waals surface area (Å²) in [5, 5.41) is 8.73. The van der Waals surface area contributed by atoms with Crippen LogP contribution in [0.4, 0.5) is 13.6 Å². The lowest BCUT2D eigenvalue weighted by Crippen LogP contribution is -2.58. The highest BCUT2D eigenvalue weighted by atomic mass is 19.3. The molecule has 0 radical (unpaired) electrons. The van der Waals surface area contributed by atoms with Gasteiger partial charge in [0.25, 0.3) is 5.92 Å². The van der Waals surface area contributed by atoms with E-state index < -0.39 is 42.0 Å². The smallest absolute Gasteiger partial charge is 0.410 e. The SMILES string of the molecule is COC(=O)C1(CCC#N)CN(C(=O)OC(C)(C)C)CC(F)(F)C1. The molecule has 0 N–H and O–H groups in total. The number of nitriles is 1. The van der Waals surface area contributed by atoms with Crippen molar-refractivity contribution in [3.63, 3.8) is 0 Å². The van der Waals surface area contributed by atoms with Crippen molar-refractivity contribution in [2.75, 3.05) is 20.2 Å². The third-order valence-electron chi connectivity index (χ3n) is 3.50. The molecule has 0 aromatic heterocycles. The fraction of sp³-hybridized carbons (Fsp3) is 0.800. The van der Waals surface area contributed by atoms with Crippen molar-refractivity contribution < 1.29 is 27.8 Å². The van der Waals surface area contributed by atoms with Gasteiger partial charge in [0, 0.05) is 19.4 Å². The van der Waals surface area contributed by atoms with Crippen LogP contribution < -0.4 is 0 Å². The van der Waals surface area contributed by atoms with E-state index in [1.54, 1.807) is 20.8 Å². The Morgan fingerprint density at radius 3 is 2.39 bits per heavy atom. The van der Waals surface area contributed by atoms with Crippen LogP contribution >= 0.6 is 0 Å². The lowest BCUT2D eigenvalue weighted by atomic mass is 9.75. The van der Waals surface area contributed by atoms with Crippen LogP contribution in [0.1, 0.15) is 40.0 Å². The maximum Gasteiger partial charge on any atom is 0.410 e. The van der Waals surface area contributed by atoms with Crippen molar-refractivity contribution in [3.8, 4) is 6.07 Å². The number of esters is 1. The molecule has 0 spiro atoms. The standard InChI is InChI=1S/C15H22F2N2O4/c1-13(2,3)23-12(21)19-9-14(6-5-7-18,11(20)22-4)8-15(16,17)10-19/h5-6,8-10H2,1-4H3. The Balaban J connectivity index is 3.10. The summed E-state index contributed by atoms with van der Waals surface area (Å²) in [4.78, 5) is 25.0. The first-order chi connectivity index (χ1) is 10.4. The van der Waals surface area contributed by atoms with E-state index in [1.165, 1.54) is 0 Å². The van der Waals surface area contributed by atoms with Gasteiger partial charge in [-0.1, -0.05) is 0 Å². The summed E-state index contributed by atoms with van der Waals surface area (Å²) in [5.41, 5.74) is -2.45. The van der Waals surface area contributed by atoms with E-state index in [-0.39, 0.29) is 19.4 Å². The molecule has 8 heteroatoms. The largest absolute Gasteiger partial charge is 0.469 e. The fourth-order valence-corrected chi connectivity index (χ4v) is 2.68. The zero-order valence-electron chi connectivity index (χ0n) is 13.8. The van der Waals surface area contributed by atoms with Crippen LogP contribution in [-0.2, 0) is 14.3 Å². The van der Waals surface area contributed by atoms with Crippen molar-refractivity contribution in [3.05, 3.63) is 0 Å². The molecule has 1 aliphatic heterocycles. The molecule has 130 valence electrons. The number of piperidine rings is 1. The number of halogens is 2. The van der Waals surface area contributed by atoms with Crippen LogP contribution in [0.5, 0.6) is 0 Å². The molecule has 1 rings (SSSR count). The molecule has 0 bridgehead atoms. The second kappa shape index (κ2) is 6.69. The summed E-state index contributed by atoms with van der Waals surface area (Å²) < 4.78 is 38.0. The molecule has 23 heavy (non-hydrogen) atoms. The number of hydrogen-bond donors (Lipinski definition) is 0. The van der Waals surface area contributed by atoms with Crippen molar-refractivity contribution >= 4 is 12.1 Å². The minimum absolute atomic E-state index is 0.0899. The Morgan fingerprint density at radius 2 is 1.91 bits per heavy atom. The van der Waals surface area contributed by atoms with E-state index in [0.717, 1.165) is 12.0 Å². The Bertz CT molecular complexity index is 511. The Labute approximate surface area is 134 Å². The van der Waals surface area contributed by atoms with E-state index in [2.05, 4.69) is 4.74 Å². The van der Waals surface area contributed by atoms with Crippen LogP contribution in [0, 0.1) is 16.7 Å². The van der Waals surface area contributed by atoms with Crippen LogP contribution in [0.3, 0.4) is 0 Å². The zero-order chi connectivity index (χ0) is 17.9. The third kappa shape index (κ3) is 5.05. The van der Waals surface area contributed by atoms with Gasteiger partial charge in [0.2, 0.25) is 0 Å². The number of carbonyl (C=O) groups excluding carboxylic acids is 2. The Kier molecular flexibility index (Phi) is 5.56. The molecule has 1 fully saturated rings. The van der Waals surface area contributed by atoms with Gasteiger partial charge in [-0.05, 0) is 27.2 Å². The van der Waals surface area contributed by atoms with Crippen molar-refractivity contribution in [1.82, 2.24) is 4.90 Å².